The Balaban J connectivity index is 2.21. The molecular formula is C12H15FN2O2. The van der Waals surface area contributed by atoms with Crippen LogP contribution in [-0.4, -0.2) is 40.1 Å². The molecule has 17 heavy (non-hydrogen) atoms. The van der Waals surface area contributed by atoms with Gasteiger partial charge in [0.15, 0.2) is 0 Å². The summed E-state index contributed by atoms with van der Waals surface area (Å²) in [6.07, 6.45) is 3.96. The molecule has 0 bridgehead atoms. The number of rotatable bonds is 2. The first-order chi connectivity index (χ1) is 8.24. The number of hydrogen-bond acceptors (Lipinski definition) is 3. The van der Waals surface area contributed by atoms with Crippen LogP contribution in [0.3, 0.4) is 0 Å². The van der Waals surface area contributed by atoms with Crippen LogP contribution in [0.15, 0.2) is 18.3 Å². The molecule has 1 aliphatic rings. The van der Waals surface area contributed by atoms with Crippen LogP contribution in [0.25, 0.3) is 0 Å². The van der Waals surface area contributed by atoms with Gasteiger partial charge in [-0.1, -0.05) is 0 Å². The third-order valence-corrected chi connectivity index (χ3v) is 3.09. The molecule has 0 radical (unpaired) electrons. The van der Waals surface area contributed by atoms with E-state index >= 15 is 0 Å². The summed E-state index contributed by atoms with van der Waals surface area (Å²) in [7, 11) is 0. The van der Waals surface area contributed by atoms with Gasteiger partial charge >= 0.3 is 0 Å². The van der Waals surface area contributed by atoms with Crippen molar-refractivity contribution in [2.45, 2.75) is 25.3 Å². The van der Waals surface area contributed by atoms with Crippen molar-refractivity contribution in [3.63, 3.8) is 0 Å². The Bertz CT molecular complexity index is 411. The van der Waals surface area contributed by atoms with Crippen molar-refractivity contribution >= 4 is 5.91 Å². The van der Waals surface area contributed by atoms with Gasteiger partial charge in [0, 0.05) is 12.7 Å². The highest BCUT2D eigenvalue weighted by Gasteiger charge is 2.28. The molecule has 5 heteroatoms. The Morgan fingerprint density at radius 3 is 3.12 bits per heavy atom. The fourth-order valence-corrected chi connectivity index (χ4v) is 2.16. The quantitative estimate of drug-likeness (QED) is 0.788. The standard InChI is InChI=1S/C12H15FN2O2/c13-11-10(5-3-6-14-11)12(17)15-7-2-1-4-9(15)8-16/h3,5-6,9,16H,1-2,4,7-8H2. The van der Waals surface area contributed by atoms with Crippen molar-refractivity contribution in [1.82, 2.24) is 9.88 Å². The van der Waals surface area contributed by atoms with E-state index in [9.17, 15) is 14.3 Å². The lowest BCUT2D eigenvalue weighted by molar-refractivity contribution is 0.0497. The zero-order valence-corrected chi connectivity index (χ0v) is 9.47. The molecular weight excluding hydrogens is 223 g/mol. The predicted octanol–water partition coefficient (Wildman–Crippen LogP) is 1.21. The van der Waals surface area contributed by atoms with E-state index in [0.29, 0.717) is 6.54 Å². The van der Waals surface area contributed by atoms with Crippen molar-refractivity contribution in [2.75, 3.05) is 13.2 Å². The first-order valence-electron chi connectivity index (χ1n) is 5.76. The Kier molecular flexibility index (Phi) is 3.68. The Morgan fingerprint density at radius 2 is 2.41 bits per heavy atom. The van der Waals surface area contributed by atoms with Gasteiger partial charge in [0.2, 0.25) is 5.95 Å². The number of piperidine rings is 1. The number of carbonyl (C=O) groups is 1. The molecule has 1 aliphatic heterocycles. The van der Waals surface area contributed by atoms with Gasteiger partial charge in [-0.3, -0.25) is 4.79 Å². The molecule has 1 N–H and O–H groups in total. The topological polar surface area (TPSA) is 53.4 Å². The van der Waals surface area contributed by atoms with Crippen LogP contribution in [0, 0.1) is 5.95 Å². The molecule has 0 aromatic carbocycles. The number of likely N-dealkylation sites (tertiary alicyclic amines) is 1. The maximum Gasteiger partial charge on any atom is 0.258 e. The summed E-state index contributed by atoms with van der Waals surface area (Å²) >= 11 is 0. The van der Waals surface area contributed by atoms with Crippen molar-refractivity contribution in [2.24, 2.45) is 0 Å². The maximum atomic E-state index is 13.4. The number of pyridine rings is 1. The van der Waals surface area contributed by atoms with Crippen molar-refractivity contribution in [3.05, 3.63) is 29.8 Å². The summed E-state index contributed by atoms with van der Waals surface area (Å²) in [5, 5.41) is 9.22. The average Bonchev–Trinajstić information content (AvgIpc) is 2.38. The molecule has 0 saturated carbocycles. The number of amides is 1. The molecule has 4 nitrogen and oxygen atoms in total. The summed E-state index contributed by atoms with van der Waals surface area (Å²) < 4.78 is 13.4. The third-order valence-electron chi connectivity index (χ3n) is 3.09. The van der Waals surface area contributed by atoms with Crippen LogP contribution in [0.4, 0.5) is 4.39 Å². The average molecular weight is 238 g/mol. The van der Waals surface area contributed by atoms with E-state index in [2.05, 4.69) is 4.98 Å². The van der Waals surface area contributed by atoms with Crippen LogP contribution in [0.1, 0.15) is 29.6 Å². The highest BCUT2D eigenvalue weighted by atomic mass is 19.1. The third kappa shape index (κ3) is 2.44. The molecule has 1 aromatic heterocycles. The lowest BCUT2D eigenvalue weighted by atomic mass is 10.0. The summed E-state index contributed by atoms with van der Waals surface area (Å²) in [6.45, 7) is 0.492. The molecule has 1 unspecified atom stereocenters. The maximum absolute atomic E-state index is 13.4. The highest BCUT2D eigenvalue weighted by molar-refractivity contribution is 5.94. The molecule has 2 rings (SSSR count). The Labute approximate surface area is 99.1 Å². The van der Waals surface area contributed by atoms with E-state index in [1.54, 1.807) is 4.90 Å². The van der Waals surface area contributed by atoms with E-state index < -0.39 is 5.95 Å². The lowest BCUT2D eigenvalue weighted by Crippen LogP contribution is -2.45. The highest BCUT2D eigenvalue weighted by Crippen LogP contribution is 2.19. The van der Waals surface area contributed by atoms with Gasteiger partial charge in [-0.25, -0.2) is 4.98 Å². The van der Waals surface area contributed by atoms with Crippen molar-refractivity contribution in [3.8, 4) is 0 Å². The number of aliphatic hydroxyl groups is 1. The van der Waals surface area contributed by atoms with Gasteiger partial charge in [0.25, 0.3) is 5.91 Å². The first kappa shape index (κ1) is 12.0. The molecule has 1 amide bonds. The van der Waals surface area contributed by atoms with E-state index in [1.165, 1.54) is 18.3 Å². The number of aromatic nitrogens is 1. The van der Waals surface area contributed by atoms with Gasteiger partial charge in [0.05, 0.1) is 18.2 Å². The fourth-order valence-electron chi connectivity index (χ4n) is 2.16. The lowest BCUT2D eigenvalue weighted by Gasteiger charge is -2.34. The molecule has 1 fully saturated rings. The summed E-state index contributed by atoms with van der Waals surface area (Å²) in [5.41, 5.74) is -0.0205. The Hall–Kier alpha value is -1.49. The minimum atomic E-state index is -0.750. The van der Waals surface area contributed by atoms with Gasteiger partial charge in [-0.15, -0.1) is 0 Å². The second kappa shape index (κ2) is 5.23. The van der Waals surface area contributed by atoms with Gasteiger partial charge in [-0.2, -0.15) is 4.39 Å². The summed E-state index contributed by atoms with van der Waals surface area (Å²) in [5.74, 6) is -1.13. The molecule has 0 spiro atoms. The number of halogens is 1. The predicted molar refractivity (Wildman–Crippen MR) is 60.0 cm³/mol. The van der Waals surface area contributed by atoms with E-state index in [-0.39, 0.29) is 24.1 Å². The number of aliphatic hydroxyl groups excluding tert-OH is 1. The van der Waals surface area contributed by atoms with Gasteiger partial charge < -0.3 is 10.0 Å². The largest absolute Gasteiger partial charge is 0.394 e. The van der Waals surface area contributed by atoms with E-state index in [0.717, 1.165) is 19.3 Å². The second-order valence-corrected chi connectivity index (χ2v) is 4.17. The molecule has 92 valence electrons. The zero-order valence-electron chi connectivity index (χ0n) is 9.47. The van der Waals surface area contributed by atoms with Crippen molar-refractivity contribution < 1.29 is 14.3 Å². The normalized spacial score (nSPS) is 20.4. The number of nitrogens with zero attached hydrogens (tertiary/aromatic N) is 2. The second-order valence-electron chi connectivity index (χ2n) is 4.17. The summed E-state index contributed by atoms with van der Waals surface area (Å²) in [6, 6.07) is 2.76. The smallest absolute Gasteiger partial charge is 0.258 e. The first-order valence-corrected chi connectivity index (χ1v) is 5.76. The molecule has 1 saturated heterocycles. The molecule has 1 aromatic rings. The van der Waals surface area contributed by atoms with E-state index in [1.807, 2.05) is 0 Å². The van der Waals surface area contributed by atoms with Gasteiger partial charge in [-0.05, 0) is 31.4 Å². The minimum absolute atomic E-state index is 0.0205. The van der Waals surface area contributed by atoms with Crippen LogP contribution < -0.4 is 0 Å². The SMILES string of the molecule is O=C(c1cccnc1F)N1CCCCC1CO. The molecule has 1 atom stereocenters. The monoisotopic (exact) mass is 238 g/mol. The Morgan fingerprint density at radius 1 is 1.59 bits per heavy atom. The van der Waals surface area contributed by atoms with Gasteiger partial charge in [0.1, 0.15) is 0 Å². The van der Waals surface area contributed by atoms with Crippen LogP contribution >= 0.6 is 0 Å². The molecule has 2 heterocycles. The number of hydrogen-bond donors (Lipinski definition) is 1. The van der Waals surface area contributed by atoms with E-state index in [4.69, 9.17) is 0 Å². The number of carbonyl (C=O) groups excluding carboxylic acids is 1. The van der Waals surface area contributed by atoms with Crippen molar-refractivity contribution in [1.29, 1.82) is 0 Å². The van der Waals surface area contributed by atoms with Crippen LogP contribution in [-0.2, 0) is 0 Å². The summed E-state index contributed by atoms with van der Waals surface area (Å²) in [4.78, 5) is 17.1. The van der Waals surface area contributed by atoms with Crippen LogP contribution in [0.2, 0.25) is 0 Å². The zero-order chi connectivity index (χ0) is 12.3. The molecule has 0 aliphatic carbocycles. The minimum Gasteiger partial charge on any atom is -0.394 e. The van der Waals surface area contributed by atoms with Crippen LogP contribution in [0.5, 0.6) is 0 Å². The fraction of sp³-hybridized carbons (Fsp3) is 0.500.